The number of carbonyl (C=O) groups excluding carboxylic acids is 1. The molecular weight excluding hydrogens is 342 g/mol. The molecule has 3 aliphatic heterocycles. The van der Waals surface area contributed by atoms with Gasteiger partial charge in [0, 0.05) is 32.4 Å². The fourth-order valence-corrected chi connectivity index (χ4v) is 4.79. The van der Waals surface area contributed by atoms with Crippen molar-refractivity contribution in [2.45, 2.75) is 31.1 Å². The van der Waals surface area contributed by atoms with Crippen LogP contribution in [0.5, 0.6) is 0 Å². The molecular formula is C20H23N5O2. The van der Waals surface area contributed by atoms with Crippen molar-refractivity contribution in [2.24, 2.45) is 0 Å². The number of likely N-dealkylation sites (N-methyl/N-ethyl adjacent to an activating group) is 1. The minimum atomic E-state index is -0.450. The van der Waals surface area contributed by atoms with Crippen LogP contribution in [0.1, 0.15) is 30.4 Å². The Labute approximate surface area is 157 Å². The summed E-state index contributed by atoms with van der Waals surface area (Å²) >= 11 is 0. The number of carbonyl (C=O) groups is 1. The summed E-state index contributed by atoms with van der Waals surface area (Å²) in [6.45, 7) is 2.23. The molecule has 27 heavy (non-hydrogen) atoms. The molecule has 1 spiro atoms. The van der Waals surface area contributed by atoms with E-state index in [9.17, 15) is 9.59 Å². The van der Waals surface area contributed by atoms with Crippen LogP contribution < -0.4 is 20.7 Å². The minimum absolute atomic E-state index is 0.0514. The summed E-state index contributed by atoms with van der Waals surface area (Å²) in [7, 11) is 1.86. The van der Waals surface area contributed by atoms with Crippen LogP contribution in [0.25, 0.3) is 0 Å². The Morgan fingerprint density at radius 3 is 2.74 bits per heavy atom. The van der Waals surface area contributed by atoms with E-state index < -0.39 is 5.41 Å². The standard InChI is InChI=1S/C20H23N5O2/c1-24-15-7-3-2-6-14(15)20(18(24)27)8-11-25(12-9-20)19-22-16-13(17(26)23-19)5-4-10-21-16/h2-3,6-7H,4-5,8-12H2,1H3,(H2,21,22,23,26). The SMILES string of the molecule is CN1C(=O)C2(CCN(c3nc4c(c(=O)[nH]3)CCCN4)CC2)c2ccccc21. The fourth-order valence-electron chi connectivity index (χ4n) is 4.79. The normalized spacial score (nSPS) is 20.4. The van der Waals surface area contributed by atoms with Crippen LogP contribution in [0.2, 0.25) is 0 Å². The molecule has 0 radical (unpaired) electrons. The number of nitrogens with zero attached hydrogens (tertiary/aromatic N) is 3. The molecule has 2 aromatic rings. The van der Waals surface area contributed by atoms with Gasteiger partial charge in [0.15, 0.2) is 0 Å². The molecule has 1 saturated heterocycles. The lowest BCUT2D eigenvalue weighted by molar-refractivity contribution is -0.123. The number of rotatable bonds is 1. The number of aromatic amines is 1. The highest BCUT2D eigenvalue weighted by molar-refractivity contribution is 6.07. The zero-order chi connectivity index (χ0) is 18.6. The van der Waals surface area contributed by atoms with Gasteiger partial charge in [-0.25, -0.2) is 0 Å². The Bertz CT molecular complexity index is 975. The molecule has 0 aliphatic carbocycles. The smallest absolute Gasteiger partial charge is 0.257 e. The molecule has 0 atom stereocenters. The highest BCUT2D eigenvalue weighted by Gasteiger charge is 2.51. The van der Waals surface area contributed by atoms with E-state index >= 15 is 0 Å². The number of H-pyrrole nitrogens is 1. The number of anilines is 3. The molecule has 1 aromatic carbocycles. The summed E-state index contributed by atoms with van der Waals surface area (Å²) in [5, 5.41) is 3.24. The molecule has 140 valence electrons. The van der Waals surface area contributed by atoms with E-state index in [4.69, 9.17) is 0 Å². The first kappa shape index (κ1) is 16.4. The summed E-state index contributed by atoms with van der Waals surface area (Å²) in [4.78, 5) is 36.9. The number of hydrogen-bond acceptors (Lipinski definition) is 5. The third-order valence-corrected chi connectivity index (χ3v) is 6.31. The summed E-state index contributed by atoms with van der Waals surface area (Å²) < 4.78 is 0. The van der Waals surface area contributed by atoms with Crippen LogP contribution in [-0.2, 0) is 16.6 Å². The van der Waals surface area contributed by atoms with Crippen LogP contribution in [0.15, 0.2) is 29.1 Å². The summed E-state index contributed by atoms with van der Waals surface area (Å²) in [6.07, 6.45) is 3.17. The molecule has 1 amide bonds. The molecule has 0 saturated carbocycles. The lowest BCUT2D eigenvalue weighted by atomic mass is 9.73. The first-order chi connectivity index (χ1) is 13.1. The van der Waals surface area contributed by atoms with Crippen molar-refractivity contribution in [3.05, 3.63) is 45.7 Å². The molecule has 7 nitrogen and oxygen atoms in total. The molecule has 0 unspecified atom stereocenters. The van der Waals surface area contributed by atoms with E-state index in [0.29, 0.717) is 24.9 Å². The van der Waals surface area contributed by atoms with Crippen molar-refractivity contribution in [3.63, 3.8) is 0 Å². The van der Waals surface area contributed by atoms with Crippen LogP contribution >= 0.6 is 0 Å². The van der Waals surface area contributed by atoms with Crippen LogP contribution in [-0.4, -0.2) is 42.6 Å². The van der Waals surface area contributed by atoms with Gasteiger partial charge >= 0.3 is 0 Å². The molecule has 2 N–H and O–H groups in total. The van der Waals surface area contributed by atoms with Crippen LogP contribution in [0.3, 0.4) is 0 Å². The van der Waals surface area contributed by atoms with Crippen molar-refractivity contribution in [3.8, 4) is 0 Å². The molecule has 5 rings (SSSR count). The highest BCUT2D eigenvalue weighted by Crippen LogP contribution is 2.47. The Morgan fingerprint density at radius 1 is 1.15 bits per heavy atom. The van der Waals surface area contributed by atoms with Gasteiger partial charge in [-0.2, -0.15) is 4.98 Å². The number of nitrogens with one attached hydrogen (secondary N) is 2. The molecule has 0 bridgehead atoms. The summed E-state index contributed by atoms with van der Waals surface area (Å²) in [5.74, 6) is 1.49. The van der Waals surface area contributed by atoms with Gasteiger partial charge in [-0.05, 0) is 37.3 Å². The van der Waals surface area contributed by atoms with Crippen molar-refractivity contribution in [2.75, 3.05) is 41.8 Å². The van der Waals surface area contributed by atoms with Gasteiger partial charge in [-0.3, -0.25) is 14.6 Å². The van der Waals surface area contributed by atoms with Crippen molar-refractivity contribution in [1.29, 1.82) is 0 Å². The lowest BCUT2D eigenvalue weighted by Crippen LogP contribution is -2.48. The average molecular weight is 365 g/mol. The Kier molecular flexibility index (Phi) is 3.54. The maximum Gasteiger partial charge on any atom is 0.257 e. The average Bonchev–Trinajstić information content (AvgIpc) is 2.91. The number of piperidine rings is 1. The molecule has 3 aliphatic rings. The predicted octanol–water partition coefficient (Wildman–Crippen LogP) is 1.64. The lowest BCUT2D eigenvalue weighted by Gasteiger charge is -2.38. The number of aromatic nitrogens is 2. The Morgan fingerprint density at radius 2 is 1.93 bits per heavy atom. The topological polar surface area (TPSA) is 81.3 Å². The monoisotopic (exact) mass is 365 g/mol. The second-order valence-electron chi connectivity index (χ2n) is 7.70. The first-order valence-corrected chi connectivity index (χ1v) is 9.60. The van der Waals surface area contributed by atoms with E-state index in [1.165, 1.54) is 0 Å². The van der Waals surface area contributed by atoms with Gasteiger partial charge in [0.05, 0.1) is 11.0 Å². The largest absolute Gasteiger partial charge is 0.370 e. The van der Waals surface area contributed by atoms with Crippen LogP contribution in [0.4, 0.5) is 17.5 Å². The number of fused-ring (bicyclic) bond motifs is 3. The van der Waals surface area contributed by atoms with Crippen molar-refractivity contribution in [1.82, 2.24) is 9.97 Å². The van der Waals surface area contributed by atoms with Crippen LogP contribution in [0, 0.1) is 0 Å². The number of amides is 1. The number of para-hydroxylation sites is 1. The second-order valence-corrected chi connectivity index (χ2v) is 7.70. The zero-order valence-electron chi connectivity index (χ0n) is 15.4. The van der Waals surface area contributed by atoms with E-state index in [1.807, 2.05) is 25.2 Å². The predicted molar refractivity (Wildman–Crippen MR) is 105 cm³/mol. The maximum atomic E-state index is 13.1. The van der Waals surface area contributed by atoms with E-state index in [2.05, 4.69) is 26.3 Å². The summed E-state index contributed by atoms with van der Waals surface area (Å²) in [6, 6.07) is 8.08. The molecule has 4 heterocycles. The maximum absolute atomic E-state index is 13.1. The number of hydrogen-bond donors (Lipinski definition) is 2. The van der Waals surface area contributed by atoms with Gasteiger partial charge in [-0.15, -0.1) is 0 Å². The van der Waals surface area contributed by atoms with E-state index in [-0.39, 0.29) is 11.5 Å². The van der Waals surface area contributed by atoms with Crippen molar-refractivity contribution >= 4 is 23.4 Å². The summed E-state index contributed by atoms with van der Waals surface area (Å²) in [5.41, 5.74) is 2.39. The van der Waals surface area contributed by atoms with Gasteiger partial charge in [0.25, 0.3) is 5.56 Å². The third-order valence-electron chi connectivity index (χ3n) is 6.31. The Balaban J connectivity index is 1.44. The first-order valence-electron chi connectivity index (χ1n) is 9.60. The Hall–Kier alpha value is -2.83. The van der Waals surface area contributed by atoms with Crippen molar-refractivity contribution < 1.29 is 4.79 Å². The van der Waals surface area contributed by atoms with E-state index in [0.717, 1.165) is 49.0 Å². The highest BCUT2D eigenvalue weighted by atomic mass is 16.2. The minimum Gasteiger partial charge on any atom is -0.370 e. The van der Waals surface area contributed by atoms with Gasteiger partial charge in [0.2, 0.25) is 11.9 Å². The molecule has 1 fully saturated rings. The van der Waals surface area contributed by atoms with Gasteiger partial charge < -0.3 is 15.1 Å². The van der Waals surface area contributed by atoms with E-state index in [1.54, 1.807) is 4.90 Å². The molecule has 7 heteroatoms. The second kappa shape index (κ2) is 5.84. The number of benzene rings is 1. The molecule has 1 aromatic heterocycles. The quantitative estimate of drug-likeness (QED) is 0.803. The fraction of sp³-hybridized carbons (Fsp3) is 0.450. The zero-order valence-corrected chi connectivity index (χ0v) is 15.4. The van der Waals surface area contributed by atoms with Gasteiger partial charge in [-0.1, -0.05) is 18.2 Å². The van der Waals surface area contributed by atoms with Gasteiger partial charge in [0.1, 0.15) is 5.82 Å². The third kappa shape index (κ3) is 2.30.